The minimum absolute atomic E-state index is 0.0495. The molecule has 0 amide bonds. The zero-order valence-corrected chi connectivity index (χ0v) is 21.0. The van der Waals surface area contributed by atoms with Gasteiger partial charge in [-0.25, -0.2) is 0 Å². The highest BCUT2D eigenvalue weighted by Gasteiger charge is 2.32. The maximum atomic E-state index is 13.3. The molecule has 0 bridgehead atoms. The predicted octanol–water partition coefficient (Wildman–Crippen LogP) is 9.63. The van der Waals surface area contributed by atoms with Crippen molar-refractivity contribution in [1.82, 2.24) is 4.90 Å². The zero-order chi connectivity index (χ0) is 26.8. The number of benzene rings is 3. The van der Waals surface area contributed by atoms with Crippen LogP contribution in [0.3, 0.4) is 0 Å². The van der Waals surface area contributed by atoms with E-state index in [1.54, 1.807) is 6.07 Å². The third kappa shape index (κ3) is 6.38. The molecule has 2 atom stereocenters. The normalized spacial score (nSPS) is 18.1. The Balaban J connectivity index is 1.73. The van der Waals surface area contributed by atoms with Crippen molar-refractivity contribution >= 4 is 0 Å². The second kappa shape index (κ2) is 10.9. The summed E-state index contributed by atoms with van der Waals surface area (Å²) in [5, 5.41) is 0. The molecule has 2 unspecified atom stereocenters. The van der Waals surface area contributed by atoms with Gasteiger partial charge in [0.2, 0.25) is 0 Å². The summed E-state index contributed by atoms with van der Waals surface area (Å²) < 4.78 is 79.4. The van der Waals surface area contributed by atoms with Gasteiger partial charge in [0.25, 0.3) is 0 Å². The SMILES string of the molecule is CCC(C)c1ccc(C2CCCCN2Cc2cccc(C(F)(F)F)c2)c(-c2ccc(C(F)(F)F)cc2)c1. The molecule has 1 aliphatic heterocycles. The fourth-order valence-corrected chi connectivity index (χ4v) is 5.11. The van der Waals surface area contributed by atoms with Crippen LogP contribution in [-0.4, -0.2) is 11.4 Å². The zero-order valence-electron chi connectivity index (χ0n) is 21.0. The number of hydrogen-bond donors (Lipinski definition) is 0. The molecule has 3 aromatic rings. The van der Waals surface area contributed by atoms with Gasteiger partial charge >= 0.3 is 12.4 Å². The van der Waals surface area contributed by atoms with Gasteiger partial charge in [0, 0.05) is 12.6 Å². The Hall–Kier alpha value is -2.80. The highest BCUT2D eigenvalue weighted by atomic mass is 19.4. The van der Waals surface area contributed by atoms with E-state index in [4.69, 9.17) is 0 Å². The van der Waals surface area contributed by atoms with E-state index in [1.165, 1.54) is 24.3 Å². The summed E-state index contributed by atoms with van der Waals surface area (Å²) in [6, 6.07) is 16.8. The number of alkyl halides is 6. The molecule has 1 aliphatic rings. The second-order valence-electron chi connectivity index (χ2n) is 9.91. The fraction of sp³-hybridized carbons (Fsp3) is 0.400. The minimum Gasteiger partial charge on any atom is -0.292 e. The lowest BCUT2D eigenvalue weighted by atomic mass is 9.85. The highest BCUT2D eigenvalue weighted by Crippen LogP contribution is 2.40. The Labute approximate surface area is 214 Å². The minimum atomic E-state index is -4.41. The van der Waals surface area contributed by atoms with E-state index in [2.05, 4.69) is 36.9 Å². The van der Waals surface area contributed by atoms with Gasteiger partial charge in [-0.1, -0.05) is 68.8 Å². The van der Waals surface area contributed by atoms with Gasteiger partial charge in [-0.2, -0.15) is 26.3 Å². The molecule has 0 aliphatic carbocycles. The molecule has 0 N–H and O–H groups in total. The number of nitrogens with zero attached hydrogens (tertiary/aromatic N) is 1. The van der Waals surface area contributed by atoms with E-state index in [1.807, 2.05) is 0 Å². The molecular weight excluding hydrogens is 488 g/mol. The lowest BCUT2D eigenvalue weighted by Gasteiger charge is -2.37. The van der Waals surface area contributed by atoms with Gasteiger partial charge in [0.1, 0.15) is 0 Å². The van der Waals surface area contributed by atoms with Crippen molar-refractivity contribution in [1.29, 1.82) is 0 Å². The molecule has 7 heteroatoms. The summed E-state index contributed by atoms with van der Waals surface area (Å²) >= 11 is 0. The number of likely N-dealkylation sites (tertiary alicyclic amines) is 1. The van der Waals surface area contributed by atoms with Crippen molar-refractivity contribution in [2.75, 3.05) is 6.54 Å². The van der Waals surface area contributed by atoms with Crippen molar-refractivity contribution < 1.29 is 26.3 Å². The first kappa shape index (κ1) is 27.2. The van der Waals surface area contributed by atoms with Crippen LogP contribution in [-0.2, 0) is 18.9 Å². The van der Waals surface area contributed by atoms with Crippen molar-refractivity contribution in [3.05, 3.63) is 94.5 Å². The van der Waals surface area contributed by atoms with Gasteiger partial charge in [-0.3, -0.25) is 4.90 Å². The van der Waals surface area contributed by atoms with Gasteiger partial charge < -0.3 is 0 Å². The summed E-state index contributed by atoms with van der Waals surface area (Å²) in [5.41, 5.74) is 2.93. The van der Waals surface area contributed by atoms with Crippen LogP contribution >= 0.6 is 0 Å². The maximum absolute atomic E-state index is 13.3. The smallest absolute Gasteiger partial charge is 0.292 e. The van der Waals surface area contributed by atoms with Gasteiger partial charge in [0.05, 0.1) is 11.1 Å². The molecule has 4 rings (SSSR count). The van der Waals surface area contributed by atoms with Crippen LogP contribution in [0.4, 0.5) is 26.3 Å². The molecule has 0 aromatic heterocycles. The third-order valence-corrected chi connectivity index (χ3v) is 7.39. The lowest BCUT2D eigenvalue weighted by Crippen LogP contribution is -2.33. The van der Waals surface area contributed by atoms with Crippen LogP contribution < -0.4 is 0 Å². The van der Waals surface area contributed by atoms with Gasteiger partial charge in [-0.15, -0.1) is 0 Å². The number of hydrogen-bond acceptors (Lipinski definition) is 1. The summed E-state index contributed by atoms with van der Waals surface area (Å²) in [7, 11) is 0. The highest BCUT2D eigenvalue weighted by molar-refractivity contribution is 5.69. The van der Waals surface area contributed by atoms with Crippen LogP contribution in [0.15, 0.2) is 66.7 Å². The monoisotopic (exact) mass is 519 g/mol. The summed E-state index contributed by atoms with van der Waals surface area (Å²) in [5.74, 6) is 0.287. The summed E-state index contributed by atoms with van der Waals surface area (Å²) in [4.78, 5) is 2.20. The Morgan fingerprint density at radius 3 is 2.19 bits per heavy atom. The van der Waals surface area contributed by atoms with Crippen molar-refractivity contribution in [2.45, 2.75) is 70.4 Å². The average Bonchev–Trinajstić information content (AvgIpc) is 2.87. The summed E-state index contributed by atoms with van der Waals surface area (Å²) in [6.45, 7) is 5.31. The van der Waals surface area contributed by atoms with Crippen molar-refractivity contribution in [3.63, 3.8) is 0 Å². The molecule has 1 fully saturated rings. The molecule has 0 spiro atoms. The molecule has 37 heavy (non-hydrogen) atoms. The molecule has 0 radical (unpaired) electrons. The topological polar surface area (TPSA) is 3.24 Å². The molecule has 1 heterocycles. The Bertz CT molecular complexity index is 1200. The Kier molecular flexibility index (Phi) is 8.02. The van der Waals surface area contributed by atoms with Crippen LogP contribution in [0.2, 0.25) is 0 Å². The molecule has 1 nitrogen and oxygen atoms in total. The van der Waals surface area contributed by atoms with Crippen molar-refractivity contribution in [3.8, 4) is 11.1 Å². The van der Waals surface area contributed by atoms with Crippen LogP contribution in [0.5, 0.6) is 0 Å². The maximum Gasteiger partial charge on any atom is 0.416 e. The standard InChI is InChI=1S/C30H31F6N/c1-3-20(2)23-12-15-26(27(18-23)22-10-13-24(14-11-22)29(31,32)33)28-9-4-5-16-37(28)19-21-7-6-8-25(17-21)30(34,35)36/h6-8,10-15,17-18,20,28H,3-5,9,16,19H2,1-2H3. The van der Waals surface area contributed by atoms with Crippen LogP contribution in [0.25, 0.3) is 11.1 Å². The number of piperidine rings is 1. The van der Waals surface area contributed by atoms with E-state index in [0.717, 1.165) is 67.1 Å². The molecule has 1 saturated heterocycles. The van der Waals surface area contributed by atoms with Gasteiger partial charge in [0.15, 0.2) is 0 Å². The second-order valence-corrected chi connectivity index (χ2v) is 9.91. The summed E-state index contributed by atoms with van der Waals surface area (Å²) in [6.07, 6.45) is -5.14. The van der Waals surface area contributed by atoms with E-state index in [0.29, 0.717) is 17.7 Å². The first-order valence-electron chi connectivity index (χ1n) is 12.7. The van der Waals surface area contributed by atoms with E-state index < -0.39 is 23.5 Å². The fourth-order valence-electron chi connectivity index (χ4n) is 5.11. The molecule has 198 valence electrons. The largest absolute Gasteiger partial charge is 0.416 e. The van der Waals surface area contributed by atoms with Gasteiger partial charge in [-0.05, 0) is 77.7 Å². The first-order chi connectivity index (χ1) is 17.5. The number of rotatable bonds is 6. The molecular formula is C30H31F6N. The van der Waals surface area contributed by atoms with E-state index >= 15 is 0 Å². The Morgan fingerprint density at radius 1 is 0.838 bits per heavy atom. The van der Waals surface area contributed by atoms with Crippen LogP contribution in [0.1, 0.15) is 79.3 Å². The quantitative estimate of drug-likeness (QED) is 0.293. The number of halogens is 6. The average molecular weight is 520 g/mol. The van der Waals surface area contributed by atoms with E-state index in [-0.39, 0.29) is 12.0 Å². The first-order valence-corrected chi connectivity index (χ1v) is 12.7. The molecule has 3 aromatic carbocycles. The van der Waals surface area contributed by atoms with E-state index in [9.17, 15) is 26.3 Å². The third-order valence-electron chi connectivity index (χ3n) is 7.39. The Morgan fingerprint density at radius 2 is 1.54 bits per heavy atom. The van der Waals surface area contributed by atoms with Crippen LogP contribution in [0, 0.1) is 0 Å². The lowest BCUT2D eigenvalue weighted by molar-refractivity contribution is -0.138. The molecule has 0 saturated carbocycles. The predicted molar refractivity (Wildman–Crippen MR) is 134 cm³/mol. The van der Waals surface area contributed by atoms with Crippen molar-refractivity contribution in [2.24, 2.45) is 0 Å².